The van der Waals surface area contributed by atoms with Crippen LogP contribution in [0.4, 0.5) is 10.1 Å². The number of amides is 3. The Morgan fingerprint density at radius 2 is 1.79 bits per heavy atom. The van der Waals surface area contributed by atoms with Gasteiger partial charge in [-0.1, -0.05) is 31.2 Å². The van der Waals surface area contributed by atoms with Gasteiger partial charge in [-0.15, -0.1) is 11.3 Å². The lowest BCUT2D eigenvalue weighted by atomic mass is 9.93. The maximum atomic E-state index is 16.7. The highest BCUT2D eigenvalue weighted by Gasteiger charge is 2.59. The number of halogens is 1. The summed E-state index contributed by atoms with van der Waals surface area (Å²) in [5, 5.41) is 6.25. The number of likely N-dealkylation sites (tertiary alicyclic amines) is 1. The number of hydrogen-bond donors (Lipinski definition) is 2. The fourth-order valence-corrected chi connectivity index (χ4v) is 13.7. The molecule has 2 aromatic carbocycles. The summed E-state index contributed by atoms with van der Waals surface area (Å²) in [6.45, 7) is 6.85. The van der Waals surface area contributed by atoms with Gasteiger partial charge in [-0.3, -0.25) is 33.6 Å². The van der Waals surface area contributed by atoms with Gasteiger partial charge in [0.2, 0.25) is 17.7 Å². The second-order valence-corrected chi connectivity index (χ2v) is 22.5. The van der Waals surface area contributed by atoms with Gasteiger partial charge in [0.1, 0.15) is 23.9 Å². The highest BCUT2D eigenvalue weighted by atomic mass is 32.1. The molecule has 2 N–H and O–H groups in total. The van der Waals surface area contributed by atoms with Crippen LogP contribution in [-0.4, -0.2) is 133 Å². The number of anilines is 1. The highest BCUT2D eigenvalue weighted by molar-refractivity contribution is 7.57. The summed E-state index contributed by atoms with van der Waals surface area (Å²) < 4.78 is 48.6. The third-order valence-corrected chi connectivity index (χ3v) is 17.7. The average Bonchev–Trinajstić information content (AvgIpc) is 3.61. The van der Waals surface area contributed by atoms with E-state index in [-0.39, 0.29) is 53.3 Å². The molecule has 9 rings (SSSR count). The number of morpholine rings is 1. The van der Waals surface area contributed by atoms with E-state index in [4.69, 9.17) is 14.0 Å². The van der Waals surface area contributed by atoms with Crippen LogP contribution in [0.25, 0.3) is 10.1 Å². The van der Waals surface area contributed by atoms with Crippen LogP contribution < -0.4 is 19.8 Å². The van der Waals surface area contributed by atoms with E-state index < -0.39 is 43.4 Å². The summed E-state index contributed by atoms with van der Waals surface area (Å²) in [4.78, 5) is 70.3. The largest absolute Gasteiger partial charge is 0.465 e. The van der Waals surface area contributed by atoms with E-state index in [0.717, 1.165) is 50.0 Å². The first kappa shape index (κ1) is 48.1. The van der Waals surface area contributed by atoms with E-state index >= 15 is 9.18 Å². The lowest BCUT2D eigenvalue weighted by Gasteiger charge is -2.42. The number of benzene rings is 2. The number of esters is 1. The number of thiophene rings is 1. The van der Waals surface area contributed by atoms with Crippen molar-refractivity contribution in [2.24, 2.45) is 0 Å². The van der Waals surface area contributed by atoms with Crippen LogP contribution in [0.1, 0.15) is 104 Å². The Morgan fingerprint density at radius 1 is 1.03 bits per heavy atom. The molecule has 6 heterocycles. The molecule has 1 spiro atoms. The number of aromatic nitrogens is 1. The number of nitrogens with zero attached hydrogens (tertiary/aromatic N) is 5. The fourth-order valence-electron chi connectivity index (χ4n) is 10.9. The predicted molar refractivity (Wildman–Crippen MR) is 259 cm³/mol. The summed E-state index contributed by atoms with van der Waals surface area (Å²) >= 11 is 1.20. The minimum absolute atomic E-state index is 0.00371. The first-order chi connectivity index (χ1) is 32.8. The van der Waals surface area contributed by atoms with Gasteiger partial charge >= 0.3 is 13.5 Å². The van der Waals surface area contributed by atoms with Gasteiger partial charge in [-0.05, 0) is 118 Å². The number of ether oxygens (including phenoxy) is 2. The van der Waals surface area contributed by atoms with E-state index in [1.54, 1.807) is 48.7 Å². The smallest absolute Gasteiger partial charge is 0.355 e. The lowest BCUT2D eigenvalue weighted by molar-refractivity contribution is -0.148. The van der Waals surface area contributed by atoms with Gasteiger partial charge < -0.3 is 34.0 Å². The van der Waals surface area contributed by atoms with Gasteiger partial charge in [0.05, 0.1) is 24.7 Å². The maximum absolute atomic E-state index is 16.7. The van der Waals surface area contributed by atoms with Gasteiger partial charge in [0.15, 0.2) is 0 Å². The Morgan fingerprint density at radius 3 is 2.53 bits per heavy atom. The number of nitrogens with one attached hydrogen (secondary N) is 2. The molecule has 364 valence electrons. The summed E-state index contributed by atoms with van der Waals surface area (Å²) in [7, 11) is -0.429. The molecule has 0 unspecified atom stereocenters. The monoisotopic (exact) mass is 971 g/mol. The second-order valence-electron chi connectivity index (χ2n) is 19.3. The first-order valence-corrected chi connectivity index (χ1v) is 26.6. The zero-order valence-electron chi connectivity index (χ0n) is 39.3. The molecule has 2 aromatic heterocycles. The topological polar surface area (TPSA) is 163 Å². The van der Waals surface area contributed by atoms with Gasteiger partial charge in [-0.2, -0.15) is 0 Å². The molecule has 1 aliphatic carbocycles. The Hall–Kier alpha value is -4.93. The molecule has 4 aliphatic heterocycles. The first-order valence-electron chi connectivity index (χ1n) is 24.1. The molecule has 4 saturated heterocycles. The van der Waals surface area contributed by atoms with E-state index in [2.05, 4.69) is 30.1 Å². The third kappa shape index (κ3) is 9.92. The maximum Gasteiger partial charge on any atom is 0.355 e. The van der Waals surface area contributed by atoms with Crippen LogP contribution in [0.15, 0.2) is 73.1 Å². The molecular formula is C50H63FN7O8PS. The van der Waals surface area contributed by atoms with Crippen LogP contribution in [0.5, 0.6) is 5.75 Å². The van der Waals surface area contributed by atoms with E-state index in [1.807, 2.05) is 38.2 Å². The molecular weight excluding hydrogens is 909 g/mol. The number of rotatable bonds is 15. The van der Waals surface area contributed by atoms with E-state index in [9.17, 15) is 18.9 Å². The van der Waals surface area contributed by atoms with Crippen LogP contribution in [0.3, 0.4) is 0 Å². The van der Waals surface area contributed by atoms with Crippen molar-refractivity contribution in [2.75, 3.05) is 58.5 Å². The zero-order valence-corrected chi connectivity index (χ0v) is 41.0. The Balaban J connectivity index is 0.953. The number of carbonyl (C=O) groups is 4. The number of pyridine rings is 1. The van der Waals surface area contributed by atoms with Crippen molar-refractivity contribution < 1.29 is 42.1 Å². The molecule has 5 fully saturated rings. The lowest BCUT2D eigenvalue weighted by Crippen LogP contribution is -2.59. The summed E-state index contributed by atoms with van der Waals surface area (Å²) in [5.41, 5.74) is 2.03. The molecule has 0 radical (unpaired) electrons. The van der Waals surface area contributed by atoms with Crippen LogP contribution in [0.2, 0.25) is 0 Å². The molecule has 8 atom stereocenters. The zero-order chi connectivity index (χ0) is 47.7. The Bertz CT molecular complexity index is 2540. The number of carbonyl (C=O) groups excluding carboxylic acids is 4. The normalized spacial score (nSPS) is 25.5. The number of fused-ring (bicyclic) bond motifs is 2. The Kier molecular flexibility index (Phi) is 14.3. The minimum atomic E-state index is -4.47. The van der Waals surface area contributed by atoms with Crippen molar-refractivity contribution in [2.45, 2.75) is 119 Å². The number of hydrogen-bond acceptors (Lipinski definition) is 12. The molecule has 0 bridgehead atoms. The van der Waals surface area contributed by atoms with Crippen molar-refractivity contribution >= 4 is 58.3 Å². The van der Waals surface area contributed by atoms with E-state index in [0.29, 0.717) is 66.8 Å². The number of para-hydroxylation sites is 1. The highest BCUT2D eigenvalue weighted by Crippen LogP contribution is 2.58. The van der Waals surface area contributed by atoms with E-state index in [1.165, 1.54) is 30.4 Å². The summed E-state index contributed by atoms with van der Waals surface area (Å²) in [6, 6.07) is 13.9. The van der Waals surface area contributed by atoms with Gasteiger partial charge in [0, 0.05) is 80.1 Å². The van der Waals surface area contributed by atoms with Crippen molar-refractivity contribution in [3.05, 3.63) is 89.1 Å². The van der Waals surface area contributed by atoms with Crippen molar-refractivity contribution in [1.82, 2.24) is 30.1 Å². The molecule has 4 aromatic rings. The third-order valence-electron chi connectivity index (χ3n) is 14.5. The molecule has 68 heavy (non-hydrogen) atoms. The van der Waals surface area contributed by atoms with Crippen LogP contribution in [0, 0.1) is 0 Å². The van der Waals surface area contributed by atoms with Gasteiger partial charge in [0.25, 0.3) is 5.91 Å². The van der Waals surface area contributed by atoms with Gasteiger partial charge in [-0.25, -0.2) is 9.48 Å². The predicted octanol–water partition coefficient (Wildman–Crippen LogP) is 7.43. The minimum Gasteiger partial charge on any atom is -0.465 e. The SMILES string of the molecule is CCCOC(=O)[C@H](C)N[P@@](=O)(Oc1ccccc1)[C@H](F)c1ccc2sc(C(=O)N[C@H]3CC[C@H](N4CCOCC4)C[C@H]4CC[C@@H](C(=O)N5C[C@@H](c6cnccc6N(C)C)CC56CC6)N4C3=O)cc2c1. The standard InChI is InChI=1S/C50H63FN7O8PS/c1-5-23-65-49(62)32(2)54-67(63,66-38-9-7-6-8-10-38)45(51)33-11-16-43-34(26-33)27-44(68-43)46(59)53-40-14-12-36(56-21-24-64-25-22-56)28-37-13-15-42(58(37)47(40)60)48(61)57-31-35(29-50(57)18-19-50)39-30-52-20-17-41(39)55(3)4/h6-11,16-17,20,26-27,30,32,35-37,40,42,45H,5,12-15,18-19,21-25,28-29,31H2,1-4H3,(H,53,59)(H,54,63)/t32-,35-,36-,37+,40-,42-,45-,67-/m0/s1. The van der Waals surface area contributed by atoms with Crippen molar-refractivity contribution in [1.29, 1.82) is 0 Å². The quantitative estimate of drug-likeness (QED) is 0.0897. The fraction of sp³-hybridized carbons (Fsp3) is 0.540. The average molecular weight is 972 g/mol. The summed E-state index contributed by atoms with van der Waals surface area (Å²) in [6.07, 6.45) is 10.2. The molecule has 15 nitrogen and oxygen atoms in total. The van der Waals surface area contributed by atoms with Crippen LogP contribution in [-0.2, 0) is 28.4 Å². The molecule has 5 aliphatic rings. The Labute approximate surface area is 401 Å². The molecule has 1 saturated carbocycles. The molecule has 18 heteroatoms. The van der Waals surface area contributed by atoms with Crippen LogP contribution >= 0.6 is 18.9 Å². The van der Waals surface area contributed by atoms with Crippen molar-refractivity contribution in [3.8, 4) is 5.75 Å². The van der Waals surface area contributed by atoms with Crippen molar-refractivity contribution in [3.63, 3.8) is 0 Å². The summed E-state index contributed by atoms with van der Waals surface area (Å²) in [5.74, 6) is -3.29. The second kappa shape index (κ2) is 20.2. The number of alkyl halides is 1. The molecule has 3 amide bonds.